The van der Waals surface area contributed by atoms with Crippen LogP contribution in [0.4, 0.5) is 0 Å². The average molecular weight is 238 g/mol. The summed E-state index contributed by atoms with van der Waals surface area (Å²) in [5.41, 5.74) is 0. The van der Waals surface area contributed by atoms with E-state index in [2.05, 4.69) is 17.6 Å². The van der Waals surface area contributed by atoms with Gasteiger partial charge < -0.3 is 5.32 Å². The molecule has 1 aliphatic carbocycles. The smallest absolute Gasteiger partial charge is 0.243 e. The zero-order valence-electron chi connectivity index (χ0n) is 10.5. The molecular weight excluding hydrogens is 216 g/mol. The second-order valence-electron chi connectivity index (χ2n) is 5.23. The summed E-state index contributed by atoms with van der Waals surface area (Å²) in [6.45, 7) is 2.22. The number of carbonyl (C=O) groups is 2. The lowest BCUT2D eigenvalue weighted by atomic mass is 9.82. The van der Waals surface area contributed by atoms with Gasteiger partial charge in [0.15, 0.2) is 0 Å². The van der Waals surface area contributed by atoms with Gasteiger partial charge in [-0.25, -0.2) is 0 Å². The summed E-state index contributed by atoms with van der Waals surface area (Å²) < 4.78 is 0. The molecule has 1 saturated heterocycles. The first-order valence-corrected chi connectivity index (χ1v) is 6.80. The number of piperidine rings is 1. The first kappa shape index (κ1) is 12.6. The number of rotatable bonds is 3. The Hall–Kier alpha value is -0.900. The van der Waals surface area contributed by atoms with Gasteiger partial charge >= 0.3 is 0 Å². The molecule has 1 aliphatic heterocycles. The molecule has 2 rings (SSSR count). The number of carbonyl (C=O) groups excluding carboxylic acids is 2. The van der Waals surface area contributed by atoms with Crippen molar-refractivity contribution < 1.29 is 9.59 Å². The highest BCUT2D eigenvalue weighted by atomic mass is 16.2. The molecule has 0 aromatic carbocycles. The first-order valence-electron chi connectivity index (χ1n) is 6.80. The number of nitrogens with one attached hydrogen (secondary N) is 2. The number of hydrogen-bond acceptors (Lipinski definition) is 3. The lowest BCUT2D eigenvalue weighted by Crippen LogP contribution is -2.55. The zero-order chi connectivity index (χ0) is 12.3. The summed E-state index contributed by atoms with van der Waals surface area (Å²) >= 11 is 0. The molecule has 0 bridgehead atoms. The van der Waals surface area contributed by atoms with Crippen molar-refractivity contribution in [3.63, 3.8) is 0 Å². The van der Waals surface area contributed by atoms with Gasteiger partial charge in [-0.2, -0.15) is 0 Å². The summed E-state index contributed by atoms with van der Waals surface area (Å²) in [5, 5.41) is 5.88. The molecule has 3 atom stereocenters. The highest BCUT2D eigenvalue weighted by Crippen LogP contribution is 2.27. The Labute approximate surface area is 103 Å². The molecule has 2 amide bonds. The van der Waals surface area contributed by atoms with Crippen LogP contribution in [0.2, 0.25) is 0 Å². The molecule has 0 spiro atoms. The summed E-state index contributed by atoms with van der Waals surface area (Å²) in [6, 6.07) is 0.294. The van der Waals surface area contributed by atoms with Gasteiger partial charge in [0.2, 0.25) is 11.8 Å². The summed E-state index contributed by atoms with van der Waals surface area (Å²) in [4.78, 5) is 22.8. The quantitative estimate of drug-likeness (QED) is 0.730. The minimum Gasteiger partial charge on any atom is -0.303 e. The van der Waals surface area contributed by atoms with Crippen molar-refractivity contribution in [3.8, 4) is 0 Å². The summed E-state index contributed by atoms with van der Waals surface area (Å²) in [5.74, 6) is 0.416. The van der Waals surface area contributed by atoms with Gasteiger partial charge in [0.25, 0.3) is 0 Å². The molecule has 2 aliphatic rings. The van der Waals surface area contributed by atoms with Crippen LogP contribution in [0.3, 0.4) is 0 Å². The Morgan fingerprint density at radius 1 is 1.24 bits per heavy atom. The molecule has 0 aromatic heterocycles. The van der Waals surface area contributed by atoms with Gasteiger partial charge in [0.05, 0.1) is 6.04 Å². The lowest BCUT2D eigenvalue weighted by molar-refractivity contribution is -0.135. The van der Waals surface area contributed by atoms with Crippen LogP contribution in [0.15, 0.2) is 0 Å². The van der Waals surface area contributed by atoms with E-state index in [4.69, 9.17) is 0 Å². The van der Waals surface area contributed by atoms with Gasteiger partial charge in [-0.05, 0) is 25.2 Å². The second kappa shape index (κ2) is 5.63. The van der Waals surface area contributed by atoms with Crippen LogP contribution in [-0.4, -0.2) is 23.9 Å². The van der Waals surface area contributed by atoms with Crippen molar-refractivity contribution in [1.29, 1.82) is 0 Å². The highest BCUT2D eigenvalue weighted by molar-refractivity contribution is 6.00. The fraction of sp³-hybridized carbons (Fsp3) is 0.846. The molecular formula is C13H22N2O2. The van der Waals surface area contributed by atoms with Crippen molar-refractivity contribution in [3.05, 3.63) is 0 Å². The summed E-state index contributed by atoms with van der Waals surface area (Å²) in [7, 11) is 0. The minimum atomic E-state index is -0.162. The molecule has 1 saturated carbocycles. The third-order valence-electron chi connectivity index (χ3n) is 4.09. The standard InChI is InChI=1S/C13H22N2O2/c1-2-9-5-3-4-6-10(9)14-11-7-8-12(16)15-13(11)17/h9-11,14H,2-8H2,1H3,(H,15,16,17). The van der Waals surface area contributed by atoms with Gasteiger partial charge in [-0.15, -0.1) is 0 Å². The van der Waals surface area contributed by atoms with Crippen molar-refractivity contribution in [1.82, 2.24) is 10.6 Å². The maximum absolute atomic E-state index is 11.7. The highest BCUT2D eigenvalue weighted by Gasteiger charge is 2.31. The molecule has 2 N–H and O–H groups in total. The van der Waals surface area contributed by atoms with E-state index < -0.39 is 0 Å². The minimum absolute atomic E-state index is 0.135. The van der Waals surface area contributed by atoms with E-state index in [1.165, 1.54) is 25.7 Å². The van der Waals surface area contributed by atoms with E-state index in [0.717, 1.165) is 6.42 Å². The molecule has 2 fully saturated rings. The van der Waals surface area contributed by atoms with Crippen LogP contribution in [0.25, 0.3) is 0 Å². The Balaban J connectivity index is 1.90. The Kier molecular flexibility index (Phi) is 4.15. The normalized spacial score (nSPS) is 34.5. The fourth-order valence-corrected chi connectivity index (χ4v) is 3.03. The topological polar surface area (TPSA) is 58.2 Å². The van der Waals surface area contributed by atoms with E-state index in [9.17, 15) is 9.59 Å². The van der Waals surface area contributed by atoms with E-state index in [-0.39, 0.29) is 17.9 Å². The zero-order valence-corrected chi connectivity index (χ0v) is 10.5. The Morgan fingerprint density at radius 2 is 2.00 bits per heavy atom. The summed E-state index contributed by atoms with van der Waals surface area (Å²) in [6.07, 6.45) is 7.28. The van der Waals surface area contributed by atoms with Crippen molar-refractivity contribution in [2.75, 3.05) is 0 Å². The van der Waals surface area contributed by atoms with Crippen LogP contribution in [-0.2, 0) is 9.59 Å². The molecule has 0 aromatic rings. The molecule has 0 radical (unpaired) electrons. The van der Waals surface area contributed by atoms with Crippen LogP contribution in [0.1, 0.15) is 51.9 Å². The maximum atomic E-state index is 11.7. The molecule has 17 heavy (non-hydrogen) atoms. The first-order chi connectivity index (χ1) is 8.20. The second-order valence-corrected chi connectivity index (χ2v) is 5.23. The van der Waals surface area contributed by atoms with E-state index in [0.29, 0.717) is 24.8 Å². The van der Waals surface area contributed by atoms with Gasteiger partial charge in [-0.3, -0.25) is 14.9 Å². The third kappa shape index (κ3) is 3.06. The number of imide groups is 1. The van der Waals surface area contributed by atoms with Gasteiger partial charge in [-0.1, -0.05) is 26.2 Å². The largest absolute Gasteiger partial charge is 0.303 e. The number of hydrogen-bond donors (Lipinski definition) is 2. The average Bonchev–Trinajstić information content (AvgIpc) is 2.33. The van der Waals surface area contributed by atoms with Crippen LogP contribution >= 0.6 is 0 Å². The SMILES string of the molecule is CCC1CCCCC1NC1CCC(=O)NC1=O. The predicted octanol–water partition coefficient (Wildman–Crippen LogP) is 1.35. The molecule has 4 heteroatoms. The molecule has 1 heterocycles. The fourth-order valence-electron chi connectivity index (χ4n) is 3.03. The van der Waals surface area contributed by atoms with Crippen LogP contribution in [0.5, 0.6) is 0 Å². The third-order valence-corrected chi connectivity index (χ3v) is 4.09. The molecule has 3 unspecified atom stereocenters. The van der Waals surface area contributed by atoms with Crippen LogP contribution in [0, 0.1) is 5.92 Å². The maximum Gasteiger partial charge on any atom is 0.243 e. The number of amides is 2. The lowest BCUT2D eigenvalue weighted by Gasteiger charge is -2.35. The Bertz CT molecular complexity index is 304. The van der Waals surface area contributed by atoms with Crippen molar-refractivity contribution in [2.45, 2.75) is 64.0 Å². The van der Waals surface area contributed by atoms with Crippen molar-refractivity contribution >= 4 is 11.8 Å². The van der Waals surface area contributed by atoms with E-state index in [1.807, 2.05) is 0 Å². The molecule has 96 valence electrons. The van der Waals surface area contributed by atoms with Gasteiger partial charge in [0, 0.05) is 12.5 Å². The van der Waals surface area contributed by atoms with Gasteiger partial charge in [0.1, 0.15) is 0 Å². The molecule has 4 nitrogen and oxygen atoms in total. The van der Waals surface area contributed by atoms with Crippen molar-refractivity contribution in [2.24, 2.45) is 5.92 Å². The van der Waals surface area contributed by atoms with Crippen LogP contribution < -0.4 is 10.6 Å². The van der Waals surface area contributed by atoms with E-state index >= 15 is 0 Å². The monoisotopic (exact) mass is 238 g/mol. The van der Waals surface area contributed by atoms with E-state index in [1.54, 1.807) is 0 Å². The Morgan fingerprint density at radius 3 is 2.71 bits per heavy atom. The predicted molar refractivity (Wildman–Crippen MR) is 65.3 cm³/mol.